The van der Waals surface area contributed by atoms with E-state index in [0.29, 0.717) is 12.3 Å². The van der Waals surface area contributed by atoms with Gasteiger partial charge in [-0.05, 0) is 26.0 Å². The fraction of sp³-hybridized carbons (Fsp3) is 0.462. The maximum absolute atomic E-state index is 11.1. The minimum absolute atomic E-state index is 0.0741. The first-order valence-corrected chi connectivity index (χ1v) is 6.75. The van der Waals surface area contributed by atoms with Crippen LogP contribution in [0.1, 0.15) is 30.9 Å². The smallest absolute Gasteiger partial charge is 0.219 e. The van der Waals surface area contributed by atoms with E-state index >= 15 is 0 Å². The number of hydrogen-bond acceptors (Lipinski definition) is 3. The molecule has 2 rings (SSSR count). The van der Waals surface area contributed by atoms with Gasteiger partial charge in [0.05, 0.1) is 0 Å². The van der Waals surface area contributed by atoms with Crippen molar-refractivity contribution in [3.05, 3.63) is 23.7 Å². The van der Waals surface area contributed by atoms with E-state index in [1.54, 1.807) is 0 Å². The Hall–Kier alpha value is -1.62. The van der Waals surface area contributed by atoms with Gasteiger partial charge in [0.1, 0.15) is 11.3 Å². The Bertz CT molecular complexity index is 608. The Kier molecular flexibility index (Phi) is 4.04. The first-order valence-electron chi connectivity index (χ1n) is 6.21. The quantitative estimate of drug-likeness (QED) is 0.851. The van der Waals surface area contributed by atoms with Crippen LogP contribution in [0.5, 0.6) is 0 Å². The van der Waals surface area contributed by atoms with Crippen molar-refractivity contribution in [2.75, 3.05) is 5.88 Å². The standard InChI is InChI=1S/C13H17ClN4O/c1-8-3-4-10-13(16-8)18(9(2)7-11(15)19)12(17-10)5-6-14/h3-4,9H,5-7H2,1-2H3,(H2,15,19). The SMILES string of the molecule is Cc1ccc2nc(CCCl)n(C(C)CC(N)=O)c2n1. The van der Waals surface area contributed by atoms with Crippen LogP contribution in [0.25, 0.3) is 11.2 Å². The van der Waals surface area contributed by atoms with Crippen LogP contribution >= 0.6 is 11.6 Å². The van der Waals surface area contributed by atoms with Gasteiger partial charge in [0, 0.05) is 30.5 Å². The first kappa shape index (κ1) is 13.8. The molecule has 0 radical (unpaired) electrons. The average molecular weight is 281 g/mol. The number of nitrogens with zero attached hydrogens (tertiary/aromatic N) is 3. The number of pyridine rings is 1. The lowest BCUT2D eigenvalue weighted by Crippen LogP contribution is -2.19. The van der Waals surface area contributed by atoms with Gasteiger partial charge in [-0.3, -0.25) is 4.79 Å². The number of hydrogen-bond donors (Lipinski definition) is 1. The van der Waals surface area contributed by atoms with Crippen LogP contribution in [0.15, 0.2) is 12.1 Å². The molecular weight excluding hydrogens is 264 g/mol. The summed E-state index contributed by atoms with van der Waals surface area (Å²) in [6.07, 6.45) is 0.899. The molecule has 6 heteroatoms. The highest BCUT2D eigenvalue weighted by Gasteiger charge is 2.18. The lowest BCUT2D eigenvalue weighted by Gasteiger charge is -2.15. The average Bonchev–Trinajstić information content (AvgIpc) is 2.65. The number of carbonyl (C=O) groups is 1. The fourth-order valence-corrected chi connectivity index (χ4v) is 2.39. The van der Waals surface area contributed by atoms with E-state index in [9.17, 15) is 4.79 Å². The van der Waals surface area contributed by atoms with Crippen molar-refractivity contribution in [1.29, 1.82) is 0 Å². The monoisotopic (exact) mass is 280 g/mol. The van der Waals surface area contributed by atoms with Crippen molar-refractivity contribution < 1.29 is 4.79 Å². The van der Waals surface area contributed by atoms with Gasteiger partial charge in [0.15, 0.2) is 5.65 Å². The summed E-state index contributed by atoms with van der Waals surface area (Å²) in [6.45, 7) is 3.87. The van der Waals surface area contributed by atoms with Crippen LogP contribution in [-0.4, -0.2) is 26.3 Å². The summed E-state index contributed by atoms with van der Waals surface area (Å²) >= 11 is 5.81. The summed E-state index contributed by atoms with van der Waals surface area (Å²) in [4.78, 5) is 20.2. The summed E-state index contributed by atoms with van der Waals surface area (Å²) in [6, 6.07) is 3.78. The molecular formula is C13H17ClN4O. The third-order valence-electron chi connectivity index (χ3n) is 3.00. The largest absolute Gasteiger partial charge is 0.370 e. The summed E-state index contributed by atoms with van der Waals surface area (Å²) in [5.74, 6) is 0.988. The minimum atomic E-state index is -0.334. The second kappa shape index (κ2) is 5.57. The molecule has 0 aliphatic carbocycles. The molecule has 2 aromatic heterocycles. The van der Waals surface area contributed by atoms with Crippen LogP contribution in [0.4, 0.5) is 0 Å². The van der Waals surface area contributed by atoms with Gasteiger partial charge in [-0.1, -0.05) is 0 Å². The fourth-order valence-electron chi connectivity index (χ4n) is 2.22. The number of rotatable bonds is 5. The molecule has 0 aromatic carbocycles. The number of alkyl halides is 1. The topological polar surface area (TPSA) is 73.8 Å². The number of imidazole rings is 1. The zero-order chi connectivity index (χ0) is 14.0. The molecule has 2 heterocycles. The van der Waals surface area contributed by atoms with Crippen molar-refractivity contribution in [2.24, 2.45) is 5.73 Å². The molecule has 0 saturated heterocycles. The number of aromatic nitrogens is 3. The number of fused-ring (bicyclic) bond motifs is 1. The number of primary amides is 1. The molecule has 1 amide bonds. The molecule has 0 spiro atoms. The van der Waals surface area contributed by atoms with E-state index in [1.807, 2.05) is 30.5 Å². The molecule has 0 aliphatic rings. The highest BCUT2D eigenvalue weighted by atomic mass is 35.5. The highest BCUT2D eigenvalue weighted by Crippen LogP contribution is 2.22. The van der Waals surface area contributed by atoms with Gasteiger partial charge in [0.25, 0.3) is 0 Å². The molecule has 102 valence electrons. The Morgan fingerprint density at radius 1 is 1.47 bits per heavy atom. The van der Waals surface area contributed by atoms with E-state index < -0.39 is 0 Å². The molecule has 0 saturated carbocycles. The Balaban J connectivity index is 2.55. The van der Waals surface area contributed by atoms with Gasteiger partial charge in [-0.2, -0.15) is 0 Å². The predicted octanol–water partition coefficient (Wildman–Crippen LogP) is 1.96. The number of aryl methyl sites for hydroxylation is 2. The molecule has 1 unspecified atom stereocenters. The van der Waals surface area contributed by atoms with Crippen LogP contribution in [0, 0.1) is 6.92 Å². The normalized spacial score (nSPS) is 12.8. The molecule has 1 atom stereocenters. The maximum Gasteiger partial charge on any atom is 0.219 e. The summed E-state index contributed by atoms with van der Waals surface area (Å²) < 4.78 is 1.97. The Morgan fingerprint density at radius 2 is 2.21 bits per heavy atom. The summed E-state index contributed by atoms with van der Waals surface area (Å²) in [5.41, 5.74) is 7.80. The van der Waals surface area contributed by atoms with Gasteiger partial charge in [-0.25, -0.2) is 9.97 Å². The van der Waals surface area contributed by atoms with Gasteiger partial charge >= 0.3 is 0 Å². The minimum Gasteiger partial charge on any atom is -0.370 e. The third kappa shape index (κ3) is 2.87. The van der Waals surface area contributed by atoms with Crippen LogP contribution in [0.2, 0.25) is 0 Å². The van der Waals surface area contributed by atoms with Gasteiger partial charge in [0.2, 0.25) is 5.91 Å². The number of carbonyl (C=O) groups excluding carboxylic acids is 1. The van der Waals surface area contributed by atoms with Crippen LogP contribution < -0.4 is 5.73 Å². The molecule has 0 bridgehead atoms. The lowest BCUT2D eigenvalue weighted by molar-refractivity contribution is -0.118. The number of amides is 1. The van der Waals surface area contributed by atoms with Crippen molar-refractivity contribution in [3.63, 3.8) is 0 Å². The Labute approximate surface area is 116 Å². The first-order chi connectivity index (χ1) is 9.02. The van der Waals surface area contributed by atoms with E-state index in [0.717, 1.165) is 22.7 Å². The molecule has 2 aromatic rings. The second-order valence-corrected chi connectivity index (χ2v) is 5.03. The van der Waals surface area contributed by atoms with Crippen LogP contribution in [0.3, 0.4) is 0 Å². The summed E-state index contributed by atoms with van der Waals surface area (Å²) in [7, 11) is 0. The van der Waals surface area contributed by atoms with Crippen molar-refractivity contribution in [3.8, 4) is 0 Å². The Morgan fingerprint density at radius 3 is 2.84 bits per heavy atom. The van der Waals surface area contributed by atoms with E-state index in [2.05, 4.69) is 9.97 Å². The predicted molar refractivity (Wildman–Crippen MR) is 75.2 cm³/mol. The lowest BCUT2D eigenvalue weighted by atomic mass is 10.2. The third-order valence-corrected chi connectivity index (χ3v) is 3.19. The van der Waals surface area contributed by atoms with E-state index in [4.69, 9.17) is 17.3 Å². The maximum atomic E-state index is 11.1. The van der Waals surface area contributed by atoms with Crippen molar-refractivity contribution in [2.45, 2.75) is 32.7 Å². The van der Waals surface area contributed by atoms with Gasteiger partial charge < -0.3 is 10.3 Å². The molecule has 2 N–H and O–H groups in total. The molecule has 0 aliphatic heterocycles. The van der Waals surface area contributed by atoms with Crippen molar-refractivity contribution >= 4 is 28.7 Å². The molecule has 5 nitrogen and oxygen atoms in total. The van der Waals surface area contributed by atoms with E-state index in [1.165, 1.54) is 0 Å². The second-order valence-electron chi connectivity index (χ2n) is 4.65. The number of nitrogens with two attached hydrogens (primary N) is 1. The summed E-state index contributed by atoms with van der Waals surface area (Å²) in [5, 5.41) is 0. The van der Waals surface area contributed by atoms with Crippen LogP contribution in [-0.2, 0) is 11.2 Å². The van der Waals surface area contributed by atoms with Gasteiger partial charge in [-0.15, -0.1) is 11.6 Å². The molecule has 19 heavy (non-hydrogen) atoms. The number of halogens is 1. The van der Waals surface area contributed by atoms with Crippen molar-refractivity contribution in [1.82, 2.24) is 14.5 Å². The highest BCUT2D eigenvalue weighted by molar-refractivity contribution is 6.17. The molecule has 0 fully saturated rings. The van der Waals surface area contributed by atoms with E-state index in [-0.39, 0.29) is 18.4 Å². The zero-order valence-electron chi connectivity index (χ0n) is 11.1. The zero-order valence-corrected chi connectivity index (χ0v) is 11.8.